The van der Waals surface area contributed by atoms with Gasteiger partial charge in [0.2, 0.25) is 0 Å². The Morgan fingerprint density at radius 3 is 2.30 bits per heavy atom. The maximum absolute atomic E-state index is 12.6. The first-order valence-corrected chi connectivity index (χ1v) is 9.43. The number of rotatable bonds is 10. The van der Waals surface area contributed by atoms with Crippen LogP contribution in [0.5, 0.6) is 11.5 Å². The lowest BCUT2D eigenvalue weighted by Crippen LogP contribution is -2.41. The topological polar surface area (TPSA) is 50.8 Å². The molecule has 0 aliphatic rings. The molecule has 0 fully saturated rings. The minimum Gasteiger partial charge on any atom is -0.490 e. The van der Waals surface area contributed by atoms with Gasteiger partial charge in [0.15, 0.2) is 11.5 Å². The predicted molar refractivity (Wildman–Crippen MR) is 109 cm³/mol. The van der Waals surface area contributed by atoms with E-state index in [1.54, 1.807) is 18.2 Å². The monoisotopic (exact) mass is 370 g/mol. The van der Waals surface area contributed by atoms with E-state index >= 15 is 0 Å². The largest absolute Gasteiger partial charge is 0.490 e. The van der Waals surface area contributed by atoms with E-state index in [4.69, 9.17) is 9.47 Å². The fraction of sp³-hybridized carbons (Fsp3) is 0.409. The lowest BCUT2D eigenvalue weighted by Gasteiger charge is -2.25. The number of amides is 1. The molecule has 2 aromatic carbocycles. The van der Waals surface area contributed by atoms with E-state index in [1.807, 2.05) is 46.1 Å². The van der Waals surface area contributed by atoms with Crippen LogP contribution in [0.3, 0.4) is 0 Å². The van der Waals surface area contributed by atoms with Gasteiger partial charge in [-0.3, -0.25) is 4.79 Å². The molecule has 0 spiro atoms. The fourth-order valence-corrected chi connectivity index (χ4v) is 2.83. The third-order valence-electron chi connectivity index (χ3n) is 4.35. The zero-order valence-electron chi connectivity index (χ0n) is 16.7. The van der Waals surface area contributed by atoms with Gasteiger partial charge in [-0.05, 0) is 58.1 Å². The van der Waals surface area contributed by atoms with Gasteiger partial charge in [-0.1, -0.05) is 30.3 Å². The van der Waals surface area contributed by atoms with Crippen LogP contribution >= 0.6 is 0 Å². The summed E-state index contributed by atoms with van der Waals surface area (Å²) >= 11 is 0. The van der Waals surface area contributed by atoms with Crippen molar-refractivity contribution >= 4 is 5.91 Å². The summed E-state index contributed by atoms with van der Waals surface area (Å²) in [5, 5.41) is 3.04. The van der Waals surface area contributed by atoms with Gasteiger partial charge < -0.3 is 19.7 Å². The summed E-state index contributed by atoms with van der Waals surface area (Å²) in [4.78, 5) is 14.8. The highest BCUT2D eigenvalue weighted by Crippen LogP contribution is 2.28. The number of benzene rings is 2. The molecule has 1 atom stereocenters. The molecule has 2 rings (SSSR count). The van der Waals surface area contributed by atoms with Crippen molar-refractivity contribution in [1.82, 2.24) is 10.2 Å². The number of hydrogen-bond acceptors (Lipinski definition) is 4. The van der Waals surface area contributed by atoms with Gasteiger partial charge in [-0.15, -0.1) is 0 Å². The maximum Gasteiger partial charge on any atom is 0.251 e. The van der Waals surface area contributed by atoms with Crippen LogP contribution < -0.4 is 14.8 Å². The molecule has 1 amide bonds. The van der Waals surface area contributed by atoms with Gasteiger partial charge in [0.25, 0.3) is 5.91 Å². The van der Waals surface area contributed by atoms with E-state index in [0.29, 0.717) is 36.8 Å². The Balaban J connectivity index is 2.03. The van der Waals surface area contributed by atoms with Crippen LogP contribution in [0.15, 0.2) is 48.5 Å². The van der Waals surface area contributed by atoms with Crippen LogP contribution in [-0.4, -0.2) is 50.7 Å². The number of nitrogens with zero attached hydrogens (tertiary/aromatic N) is 1. The lowest BCUT2D eigenvalue weighted by molar-refractivity contribution is 0.0941. The second-order valence-electron chi connectivity index (χ2n) is 6.54. The number of carbonyl (C=O) groups excluding carboxylic acids is 1. The molecule has 1 N–H and O–H groups in total. The van der Waals surface area contributed by atoms with Crippen molar-refractivity contribution in [3.63, 3.8) is 0 Å². The summed E-state index contributed by atoms with van der Waals surface area (Å²) in [6.45, 7) is 5.47. The Morgan fingerprint density at radius 2 is 1.67 bits per heavy atom. The Labute approximate surface area is 162 Å². The van der Waals surface area contributed by atoms with Crippen molar-refractivity contribution in [3.8, 4) is 11.5 Å². The van der Waals surface area contributed by atoms with Crippen LogP contribution in [0.25, 0.3) is 0 Å². The van der Waals surface area contributed by atoms with Crippen molar-refractivity contribution in [2.75, 3.05) is 33.9 Å². The molecule has 0 aliphatic carbocycles. The molecule has 0 radical (unpaired) electrons. The first kappa shape index (κ1) is 20.8. The van der Waals surface area contributed by atoms with Gasteiger partial charge in [0, 0.05) is 18.2 Å². The SMILES string of the molecule is CCOc1ccc(C(=O)NCC(Cc2ccccc2)N(C)C)cc1OCC. The van der Waals surface area contributed by atoms with Crippen molar-refractivity contribution in [2.45, 2.75) is 26.3 Å². The van der Waals surface area contributed by atoms with E-state index in [9.17, 15) is 4.79 Å². The molecule has 1 unspecified atom stereocenters. The van der Waals surface area contributed by atoms with Crippen LogP contribution in [0.2, 0.25) is 0 Å². The Hall–Kier alpha value is -2.53. The van der Waals surface area contributed by atoms with Gasteiger partial charge in [0.05, 0.1) is 13.2 Å². The van der Waals surface area contributed by atoms with Crippen LogP contribution in [0, 0.1) is 0 Å². The number of ether oxygens (including phenoxy) is 2. The lowest BCUT2D eigenvalue weighted by atomic mass is 10.0. The van der Waals surface area contributed by atoms with Gasteiger partial charge in [-0.25, -0.2) is 0 Å². The first-order chi connectivity index (χ1) is 13.0. The molecule has 5 heteroatoms. The first-order valence-electron chi connectivity index (χ1n) is 9.43. The maximum atomic E-state index is 12.6. The summed E-state index contributed by atoms with van der Waals surface area (Å²) in [5.74, 6) is 1.14. The molecule has 0 aliphatic heterocycles. The van der Waals surface area contributed by atoms with Crippen molar-refractivity contribution < 1.29 is 14.3 Å². The normalized spacial score (nSPS) is 11.9. The van der Waals surface area contributed by atoms with E-state index < -0.39 is 0 Å². The van der Waals surface area contributed by atoms with Crippen molar-refractivity contribution in [3.05, 3.63) is 59.7 Å². The standard InChI is InChI=1S/C22H30N2O3/c1-5-26-20-13-12-18(15-21(20)27-6-2)22(25)23-16-19(24(3)4)14-17-10-8-7-9-11-17/h7-13,15,19H,5-6,14,16H2,1-4H3,(H,23,25). The minimum atomic E-state index is -0.112. The molecule has 0 bridgehead atoms. The average molecular weight is 370 g/mol. The van der Waals surface area contributed by atoms with Crippen molar-refractivity contribution in [2.24, 2.45) is 0 Å². The molecular weight excluding hydrogens is 340 g/mol. The Kier molecular flexibility index (Phi) is 8.14. The van der Waals surface area contributed by atoms with Crippen LogP contribution in [0.4, 0.5) is 0 Å². The quantitative estimate of drug-likeness (QED) is 0.697. The van der Waals surface area contributed by atoms with Crippen LogP contribution in [0.1, 0.15) is 29.8 Å². The molecule has 2 aromatic rings. The Bertz CT molecular complexity index is 717. The highest BCUT2D eigenvalue weighted by Gasteiger charge is 2.16. The van der Waals surface area contributed by atoms with E-state index in [1.165, 1.54) is 5.56 Å². The molecule has 146 valence electrons. The fourth-order valence-electron chi connectivity index (χ4n) is 2.83. The molecule has 0 saturated heterocycles. The summed E-state index contributed by atoms with van der Waals surface area (Å²) < 4.78 is 11.2. The number of likely N-dealkylation sites (N-methyl/N-ethyl adjacent to an activating group) is 1. The summed E-state index contributed by atoms with van der Waals surface area (Å²) in [6.07, 6.45) is 0.877. The molecule has 0 aromatic heterocycles. The third kappa shape index (κ3) is 6.29. The minimum absolute atomic E-state index is 0.112. The summed E-state index contributed by atoms with van der Waals surface area (Å²) in [6, 6.07) is 15.8. The number of nitrogens with one attached hydrogen (secondary N) is 1. The second kappa shape index (κ2) is 10.6. The van der Waals surface area contributed by atoms with Crippen LogP contribution in [-0.2, 0) is 6.42 Å². The average Bonchev–Trinajstić information content (AvgIpc) is 2.67. The van der Waals surface area contributed by atoms with E-state index in [-0.39, 0.29) is 11.9 Å². The van der Waals surface area contributed by atoms with E-state index in [2.05, 4.69) is 22.3 Å². The number of hydrogen-bond donors (Lipinski definition) is 1. The molecule has 5 nitrogen and oxygen atoms in total. The second-order valence-corrected chi connectivity index (χ2v) is 6.54. The zero-order valence-corrected chi connectivity index (χ0v) is 16.7. The number of carbonyl (C=O) groups is 1. The molecular formula is C22H30N2O3. The third-order valence-corrected chi connectivity index (χ3v) is 4.35. The predicted octanol–water partition coefficient (Wildman–Crippen LogP) is 3.39. The summed E-state index contributed by atoms with van der Waals surface area (Å²) in [7, 11) is 4.06. The summed E-state index contributed by atoms with van der Waals surface area (Å²) in [5.41, 5.74) is 1.82. The van der Waals surface area contributed by atoms with Gasteiger partial charge >= 0.3 is 0 Å². The molecule has 27 heavy (non-hydrogen) atoms. The van der Waals surface area contributed by atoms with Gasteiger partial charge in [-0.2, -0.15) is 0 Å². The van der Waals surface area contributed by atoms with Gasteiger partial charge in [0.1, 0.15) is 0 Å². The smallest absolute Gasteiger partial charge is 0.251 e. The highest BCUT2D eigenvalue weighted by atomic mass is 16.5. The molecule has 0 heterocycles. The zero-order chi connectivity index (χ0) is 19.6. The highest BCUT2D eigenvalue weighted by molar-refractivity contribution is 5.94. The Morgan fingerprint density at radius 1 is 1.00 bits per heavy atom. The van der Waals surface area contributed by atoms with E-state index in [0.717, 1.165) is 6.42 Å². The molecule has 0 saturated carbocycles. The van der Waals surface area contributed by atoms with Crippen molar-refractivity contribution in [1.29, 1.82) is 0 Å².